The predicted molar refractivity (Wildman–Crippen MR) is 111 cm³/mol. The van der Waals surface area contributed by atoms with Gasteiger partial charge in [0.25, 0.3) is 0 Å². The van der Waals surface area contributed by atoms with Crippen LogP contribution in [0.25, 0.3) is 11.4 Å². The van der Waals surface area contributed by atoms with Crippen molar-refractivity contribution < 1.29 is 23.6 Å². The molecule has 0 saturated heterocycles. The summed E-state index contributed by atoms with van der Waals surface area (Å²) in [6, 6.07) is 4.78. The van der Waals surface area contributed by atoms with Gasteiger partial charge in [-0.3, -0.25) is 4.79 Å². The lowest BCUT2D eigenvalue weighted by Gasteiger charge is -2.28. The molecular formula is C20H22FN5O4S. The van der Waals surface area contributed by atoms with Gasteiger partial charge in [0.1, 0.15) is 11.2 Å². The highest BCUT2D eigenvalue weighted by atomic mass is 32.2. The third-order valence-corrected chi connectivity index (χ3v) is 6.04. The number of rotatable bonds is 5. The van der Waals surface area contributed by atoms with E-state index in [2.05, 4.69) is 20.8 Å². The van der Waals surface area contributed by atoms with Crippen molar-refractivity contribution in [2.75, 3.05) is 11.1 Å². The Morgan fingerprint density at radius 2 is 2.16 bits per heavy atom. The van der Waals surface area contributed by atoms with E-state index in [1.807, 2.05) is 6.07 Å². The molecule has 1 atom stereocenters. The van der Waals surface area contributed by atoms with Crippen LogP contribution in [-0.2, 0) is 10.2 Å². The Morgan fingerprint density at radius 1 is 1.45 bits per heavy atom. The molecule has 0 unspecified atom stereocenters. The monoisotopic (exact) mass is 447 g/mol. The number of hydrogen-bond acceptors (Lipinski definition) is 7. The van der Waals surface area contributed by atoms with Crippen molar-refractivity contribution in [2.45, 2.75) is 50.0 Å². The highest BCUT2D eigenvalue weighted by Gasteiger charge is 2.33. The van der Waals surface area contributed by atoms with E-state index in [9.17, 15) is 19.2 Å². The molecule has 3 N–H and O–H groups in total. The van der Waals surface area contributed by atoms with Crippen molar-refractivity contribution in [3.8, 4) is 17.5 Å². The van der Waals surface area contributed by atoms with Gasteiger partial charge in [-0.25, -0.2) is 9.18 Å². The molecule has 0 saturated carbocycles. The minimum absolute atomic E-state index is 0.0227. The molecule has 0 aliphatic carbocycles. The molecule has 0 bridgehead atoms. The Kier molecular flexibility index (Phi) is 5.96. The van der Waals surface area contributed by atoms with Gasteiger partial charge < -0.3 is 20.3 Å². The van der Waals surface area contributed by atoms with Crippen molar-refractivity contribution in [1.29, 1.82) is 5.26 Å². The molecule has 1 aliphatic rings. The quantitative estimate of drug-likeness (QED) is 0.629. The topological polar surface area (TPSA) is 141 Å². The fraction of sp³-hybridized carbons (Fsp3) is 0.450. The minimum atomic E-state index is -1.17. The number of carbonyl (C=O) groups is 2. The van der Waals surface area contributed by atoms with Crippen LogP contribution in [0.15, 0.2) is 21.6 Å². The van der Waals surface area contributed by atoms with E-state index in [4.69, 9.17) is 9.63 Å². The van der Waals surface area contributed by atoms with Gasteiger partial charge in [-0.2, -0.15) is 10.2 Å². The number of benzene rings is 1. The third-order valence-electron chi connectivity index (χ3n) is 4.82. The van der Waals surface area contributed by atoms with E-state index in [1.165, 1.54) is 23.9 Å². The fourth-order valence-corrected chi connectivity index (χ4v) is 4.29. The van der Waals surface area contributed by atoms with Crippen LogP contribution in [0.2, 0.25) is 0 Å². The molecule has 0 radical (unpaired) electrons. The molecule has 2 heterocycles. The first kappa shape index (κ1) is 22.6. The van der Waals surface area contributed by atoms with Crippen LogP contribution in [0, 0.1) is 23.1 Å². The van der Waals surface area contributed by atoms with Gasteiger partial charge in [-0.05, 0) is 46.2 Å². The molecule has 0 spiro atoms. The maximum absolute atomic E-state index is 14.8. The van der Waals surface area contributed by atoms with Crippen LogP contribution < -0.4 is 10.6 Å². The number of anilines is 1. The molecule has 1 aliphatic heterocycles. The number of hydrogen-bond donors (Lipinski definition) is 3. The largest absolute Gasteiger partial charge is 0.465 e. The summed E-state index contributed by atoms with van der Waals surface area (Å²) >= 11 is 1.31. The number of nitriles is 1. The van der Waals surface area contributed by atoms with Crippen LogP contribution >= 0.6 is 11.8 Å². The van der Waals surface area contributed by atoms with Gasteiger partial charge >= 0.3 is 6.09 Å². The number of nitrogens with zero attached hydrogens (tertiary/aromatic N) is 3. The molecule has 1 aromatic heterocycles. The number of aromatic nitrogens is 2. The first-order valence-corrected chi connectivity index (χ1v) is 10.4. The number of thioether (sulfide) groups is 1. The average Bonchev–Trinajstić information content (AvgIpc) is 3.11. The van der Waals surface area contributed by atoms with Gasteiger partial charge in [-0.1, -0.05) is 5.16 Å². The molecule has 2 aromatic rings. The number of carboxylic acid groups (broad SMARTS) is 1. The van der Waals surface area contributed by atoms with Crippen molar-refractivity contribution >= 4 is 29.4 Å². The van der Waals surface area contributed by atoms with Gasteiger partial charge in [0.15, 0.2) is 0 Å². The van der Waals surface area contributed by atoms with Crippen LogP contribution in [0.5, 0.6) is 0 Å². The summed E-state index contributed by atoms with van der Waals surface area (Å²) in [4.78, 5) is 28.4. The molecule has 2 amide bonds. The van der Waals surface area contributed by atoms with Crippen LogP contribution in [0.3, 0.4) is 0 Å². The van der Waals surface area contributed by atoms with Crippen molar-refractivity contribution in [3.63, 3.8) is 0 Å². The normalized spacial score (nSPS) is 16.6. The number of fused-ring (bicyclic) bond motifs is 1. The Labute approximate surface area is 182 Å². The SMILES string of the molecule is CC(C)(C[C@H]1CSc2cc(F)c(-c3noc(C(C)(C)C#N)n3)cc2NC1=O)NC(=O)O. The summed E-state index contributed by atoms with van der Waals surface area (Å²) in [5.41, 5.74) is -1.39. The molecule has 1 aromatic carbocycles. The summed E-state index contributed by atoms with van der Waals surface area (Å²) in [5.74, 6) is -0.960. The second kappa shape index (κ2) is 8.19. The van der Waals surface area contributed by atoms with Crippen molar-refractivity contribution in [1.82, 2.24) is 15.5 Å². The van der Waals surface area contributed by atoms with Gasteiger partial charge in [-0.15, -0.1) is 11.8 Å². The van der Waals surface area contributed by atoms with Gasteiger partial charge in [0.2, 0.25) is 17.6 Å². The van der Waals surface area contributed by atoms with Crippen molar-refractivity contribution in [2.24, 2.45) is 5.92 Å². The first-order valence-electron chi connectivity index (χ1n) is 9.46. The highest BCUT2D eigenvalue weighted by molar-refractivity contribution is 7.99. The lowest BCUT2D eigenvalue weighted by atomic mass is 9.91. The molecule has 9 nitrogen and oxygen atoms in total. The van der Waals surface area contributed by atoms with Crippen LogP contribution in [0.4, 0.5) is 14.9 Å². The third kappa shape index (κ3) is 4.96. The zero-order chi connectivity index (χ0) is 23.0. The standard InChI is InChI=1S/C20H22FN5O4S/c1-19(2,9-22)17-24-15(26-30-17)11-5-13-14(6-12(11)21)31-8-10(16(27)23-13)7-20(3,4)25-18(28)29/h5-6,10,25H,7-8H2,1-4H3,(H,23,27)(H,28,29)/t10-/m0/s1. The molecule has 3 rings (SSSR count). The molecule has 31 heavy (non-hydrogen) atoms. The molecule has 164 valence electrons. The number of halogens is 1. The van der Waals surface area contributed by atoms with Gasteiger partial charge in [0, 0.05) is 22.1 Å². The lowest BCUT2D eigenvalue weighted by Crippen LogP contribution is -2.45. The predicted octanol–water partition coefficient (Wildman–Crippen LogP) is 3.77. The molecule has 0 fully saturated rings. The summed E-state index contributed by atoms with van der Waals surface area (Å²) in [6.07, 6.45) is -0.889. The second-order valence-corrected chi connectivity index (χ2v) is 9.57. The number of amides is 2. The van der Waals surface area contributed by atoms with Crippen molar-refractivity contribution in [3.05, 3.63) is 23.8 Å². The van der Waals surface area contributed by atoms with Crippen LogP contribution in [-0.4, -0.2) is 38.5 Å². The zero-order valence-corrected chi connectivity index (χ0v) is 18.3. The summed E-state index contributed by atoms with van der Waals surface area (Å²) in [7, 11) is 0. The Bertz CT molecular complexity index is 1080. The fourth-order valence-electron chi connectivity index (χ4n) is 3.19. The average molecular weight is 447 g/mol. The maximum atomic E-state index is 14.8. The highest BCUT2D eigenvalue weighted by Crippen LogP contribution is 2.38. The first-order chi connectivity index (χ1) is 14.4. The van der Waals surface area contributed by atoms with E-state index < -0.39 is 28.8 Å². The summed E-state index contributed by atoms with van der Waals surface area (Å²) in [6.45, 7) is 6.61. The molecule has 11 heteroatoms. The Hall–Kier alpha value is -3.13. The van der Waals surface area contributed by atoms with E-state index in [1.54, 1.807) is 27.7 Å². The van der Waals surface area contributed by atoms with E-state index >= 15 is 0 Å². The van der Waals surface area contributed by atoms with E-state index in [0.717, 1.165) is 0 Å². The summed E-state index contributed by atoms with van der Waals surface area (Å²) in [5, 5.41) is 27.2. The van der Waals surface area contributed by atoms with E-state index in [-0.39, 0.29) is 29.6 Å². The number of carbonyl (C=O) groups excluding carboxylic acids is 1. The van der Waals surface area contributed by atoms with E-state index in [0.29, 0.717) is 16.3 Å². The number of nitrogens with one attached hydrogen (secondary N) is 2. The zero-order valence-electron chi connectivity index (χ0n) is 17.4. The van der Waals surface area contributed by atoms with Crippen LogP contribution in [0.1, 0.15) is 40.0 Å². The second-order valence-electron chi connectivity index (χ2n) is 8.50. The molecular weight excluding hydrogens is 425 g/mol. The van der Waals surface area contributed by atoms with Gasteiger partial charge in [0.05, 0.1) is 17.3 Å². The Balaban J connectivity index is 1.87. The maximum Gasteiger partial charge on any atom is 0.405 e. The minimum Gasteiger partial charge on any atom is -0.465 e. The lowest BCUT2D eigenvalue weighted by molar-refractivity contribution is -0.119. The smallest absolute Gasteiger partial charge is 0.405 e. The summed E-state index contributed by atoms with van der Waals surface area (Å²) < 4.78 is 19.9. The Morgan fingerprint density at radius 3 is 2.81 bits per heavy atom.